The number of hydrogen-bond donors (Lipinski definition) is 0. The summed E-state index contributed by atoms with van der Waals surface area (Å²) in [5.41, 5.74) is -0.107. The van der Waals surface area contributed by atoms with E-state index < -0.39 is 0 Å². The van der Waals surface area contributed by atoms with Gasteiger partial charge in [0, 0.05) is 18.0 Å². The van der Waals surface area contributed by atoms with Crippen molar-refractivity contribution in [2.45, 2.75) is 33.2 Å². The van der Waals surface area contributed by atoms with Gasteiger partial charge in [-0.05, 0) is 32.8 Å². The minimum Gasteiger partial charge on any atom is -0.341 e. The quantitative estimate of drug-likeness (QED) is 0.846. The van der Waals surface area contributed by atoms with Crippen molar-refractivity contribution in [3.63, 3.8) is 0 Å². The summed E-state index contributed by atoms with van der Waals surface area (Å²) in [5.74, 6) is 0.623. The number of hydrogen-bond acceptors (Lipinski definition) is 4. The highest BCUT2D eigenvalue weighted by atomic mass is 32.1. The molecule has 0 aliphatic carbocycles. The number of fused-ring (bicyclic) bond motifs is 1. The highest BCUT2D eigenvalue weighted by Gasteiger charge is 2.20. The number of nitrogens with zero attached hydrogens (tertiary/aromatic N) is 3. The Morgan fingerprint density at radius 3 is 2.75 bits per heavy atom. The van der Waals surface area contributed by atoms with Gasteiger partial charge in [-0.3, -0.25) is 14.2 Å². The molecule has 0 bridgehead atoms. The first-order valence-electron chi connectivity index (χ1n) is 6.81. The van der Waals surface area contributed by atoms with Crippen molar-refractivity contribution in [1.29, 1.82) is 0 Å². The predicted octanol–water partition coefficient (Wildman–Crippen LogP) is 1.70. The van der Waals surface area contributed by atoms with Crippen molar-refractivity contribution >= 4 is 27.5 Å². The van der Waals surface area contributed by atoms with Gasteiger partial charge in [0.05, 0.1) is 5.39 Å². The Bertz CT molecular complexity index is 726. The highest BCUT2D eigenvalue weighted by molar-refractivity contribution is 7.18. The molecule has 1 amide bonds. The van der Waals surface area contributed by atoms with E-state index in [1.54, 1.807) is 6.92 Å². The third-order valence-corrected chi connectivity index (χ3v) is 4.66. The molecule has 0 aromatic carbocycles. The lowest BCUT2D eigenvalue weighted by Gasteiger charge is -2.16. The molecule has 3 rings (SSSR count). The summed E-state index contributed by atoms with van der Waals surface area (Å²) in [4.78, 5) is 32.8. The van der Waals surface area contributed by atoms with E-state index in [4.69, 9.17) is 0 Å². The first-order valence-corrected chi connectivity index (χ1v) is 7.63. The Morgan fingerprint density at radius 1 is 1.35 bits per heavy atom. The first-order chi connectivity index (χ1) is 9.56. The molecular formula is C14H17N3O2S. The fourth-order valence-electron chi connectivity index (χ4n) is 2.63. The van der Waals surface area contributed by atoms with E-state index in [2.05, 4.69) is 4.98 Å². The number of rotatable bonds is 2. The van der Waals surface area contributed by atoms with Crippen molar-refractivity contribution < 1.29 is 4.79 Å². The summed E-state index contributed by atoms with van der Waals surface area (Å²) in [6.45, 7) is 5.45. The average Bonchev–Trinajstić information content (AvgIpc) is 3.03. The minimum atomic E-state index is -0.107. The highest BCUT2D eigenvalue weighted by Crippen LogP contribution is 2.20. The van der Waals surface area contributed by atoms with Crippen molar-refractivity contribution in [2.24, 2.45) is 0 Å². The smallest absolute Gasteiger partial charge is 0.262 e. The molecule has 0 radical (unpaired) electrons. The zero-order valence-corrected chi connectivity index (χ0v) is 12.5. The van der Waals surface area contributed by atoms with Crippen LogP contribution in [0.2, 0.25) is 0 Å². The number of carbonyl (C=O) groups is 1. The summed E-state index contributed by atoms with van der Waals surface area (Å²) in [6.07, 6.45) is 2.11. The maximum absolute atomic E-state index is 12.5. The summed E-state index contributed by atoms with van der Waals surface area (Å²) in [7, 11) is 0. The SMILES string of the molecule is Cc1cc2c(=O)n(CC(=O)N3CCCC3)c(C)nc2s1. The average molecular weight is 291 g/mol. The lowest BCUT2D eigenvalue weighted by atomic mass is 10.3. The topological polar surface area (TPSA) is 55.2 Å². The lowest BCUT2D eigenvalue weighted by Crippen LogP contribution is -2.35. The Labute approximate surface area is 120 Å². The molecule has 106 valence electrons. The number of aromatic nitrogens is 2. The molecule has 6 heteroatoms. The van der Waals surface area contributed by atoms with Gasteiger partial charge in [-0.25, -0.2) is 4.98 Å². The van der Waals surface area contributed by atoms with E-state index in [0.717, 1.165) is 35.6 Å². The van der Waals surface area contributed by atoms with E-state index in [0.29, 0.717) is 11.2 Å². The molecular weight excluding hydrogens is 274 g/mol. The second-order valence-corrected chi connectivity index (χ2v) is 6.45. The van der Waals surface area contributed by atoms with Crippen molar-refractivity contribution in [1.82, 2.24) is 14.5 Å². The largest absolute Gasteiger partial charge is 0.341 e. The number of likely N-dealkylation sites (tertiary alicyclic amines) is 1. The summed E-state index contributed by atoms with van der Waals surface area (Å²) < 4.78 is 1.50. The molecule has 1 aliphatic rings. The molecule has 0 spiro atoms. The standard InChI is InChI=1S/C14H17N3O2S/c1-9-7-11-13(20-9)15-10(2)17(14(11)19)8-12(18)16-5-3-4-6-16/h7H,3-6,8H2,1-2H3. The van der Waals surface area contributed by atoms with E-state index in [9.17, 15) is 9.59 Å². The Kier molecular flexibility index (Phi) is 3.33. The molecule has 20 heavy (non-hydrogen) atoms. The van der Waals surface area contributed by atoms with Crippen molar-refractivity contribution in [2.75, 3.05) is 13.1 Å². The van der Waals surface area contributed by atoms with Crippen LogP contribution in [0.4, 0.5) is 0 Å². The van der Waals surface area contributed by atoms with Gasteiger partial charge in [0.2, 0.25) is 5.91 Å². The van der Waals surface area contributed by atoms with Gasteiger partial charge >= 0.3 is 0 Å². The van der Waals surface area contributed by atoms with Crippen LogP contribution < -0.4 is 5.56 Å². The second-order valence-electron chi connectivity index (χ2n) is 5.21. The van der Waals surface area contributed by atoms with Gasteiger partial charge in [0.15, 0.2) is 0 Å². The van der Waals surface area contributed by atoms with Crippen LogP contribution in [0.1, 0.15) is 23.5 Å². The third-order valence-electron chi connectivity index (χ3n) is 3.72. The maximum atomic E-state index is 12.5. The van der Waals surface area contributed by atoms with Gasteiger partial charge in [-0.1, -0.05) is 0 Å². The van der Waals surface area contributed by atoms with Gasteiger partial charge in [0.25, 0.3) is 5.56 Å². The van der Waals surface area contributed by atoms with Crippen LogP contribution in [0.15, 0.2) is 10.9 Å². The molecule has 1 aliphatic heterocycles. The zero-order chi connectivity index (χ0) is 14.3. The molecule has 1 saturated heterocycles. The Morgan fingerprint density at radius 2 is 2.05 bits per heavy atom. The number of carbonyl (C=O) groups excluding carboxylic acids is 1. The zero-order valence-electron chi connectivity index (χ0n) is 11.7. The van der Waals surface area contributed by atoms with Crippen LogP contribution in [-0.2, 0) is 11.3 Å². The van der Waals surface area contributed by atoms with Crippen LogP contribution in [0.3, 0.4) is 0 Å². The van der Waals surface area contributed by atoms with Crippen LogP contribution in [0.5, 0.6) is 0 Å². The van der Waals surface area contributed by atoms with Gasteiger partial charge < -0.3 is 4.90 Å². The van der Waals surface area contributed by atoms with E-state index >= 15 is 0 Å². The molecule has 2 aromatic rings. The molecule has 1 fully saturated rings. The molecule has 2 aromatic heterocycles. The Hall–Kier alpha value is -1.69. The van der Waals surface area contributed by atoms with Crippen molar-refractivity contribution in [3.8, 4) is 0 Å². The molecule has 5 nitrogen and oxygen atoms in total. The van der Waals surface area contributed by atoms with Crippen LogP contribution in [-0.4, -0.2) is 33.4 Å². The molecule has 0 unspecified atom stereocenters. The number of thiophene rings is 1. The second kappa shape index (κ2) is 5.01. The van der Waals surface area contributed by atoms with E-state index in [-0.39, 0.29) is 18.0 Å². The van der Waals surface area contributed by atoms with E-state index in [1.807, 2.05) is 17.9 Å². The first kappa shape index (κ1) is 13.3. The fraction of sp³-hybridized carbons (Fsp3) is 0.500. The van der Waals surface area contributed by atoms with Gasteiger partial charge in [0.1, 0.15) is 17.2 Å². The van der Waals surface area contributed by atoms with Crippen LogP contribution in [0, 0.1) is 13.8 Å². The number of aryl methyl sites for hydroxylation is 2. The Balaban J connectivity index is 1.98. The van der Waals surface area contributed by atoms with Crippen molar-refractivity contribution in [3.05, 3.63) is 27.1 Å². The minimum absolute atomic E-state index is 0.0146. The monoisotopic (exact) mass is 291 g/mol. The summed E-state index contributed by atoms with van der Waals surface area (Å²) in [5, 5.41) is 0.618. The van der Waals surface area contributed by atoms with Crippen LogP contribution >= 0.6 is 11.3 Å². The summed E-state index contributed by atoms with van der Waals surface area (Å²) in [6, 6.07) is 1.85. The predicted molar refractivity (Wildman–Crippen MR) is 79.2 cm³/mol. The fourth-order valence-corrected chi connectivity index (χ4v) is 3.54. The van der Waals surface area contributed by atoms with Gasteiger partial charge in [-0.2, -0.15) is 0 Å². The maximum Gasteiger partial charge on any atom is 0.262 e. The normalized spacial score (nSPS) is 15.2. The van der Waals surface area contributed by atoms with Crippen LogP contribution in [0.25, 0.3) is 10.2 Å². The lowest BCUT2D eigenvalue weighted by molar-refractivity contribution is -0.130. The molecule has 0 N–H and O–H groups in total. The third kappa shape index (κ3) is 2.24. The molecule has 0 saturated carbocycles. The van der Waals surface area contributed by atoms with E-state index in [1.165, 1.54) is 15.9 Å². The summed E-state index contributed by atoms with van der Waals surface area (Å²) >= 11 is 1.51. The van der Waals surface area contributed by atoms with Gasteiger partial charge in [-0.15, -0.1) is 11.3 Å². The molecule has 3 heterocycles. The molecule has 0 atom stereocenters. The number of amides is 1.